The van der Waals surface area contributed by atoms with Crippen LogP contribution in [0.15, 0.2) is 53.4 Å². The summed E-state index contributed by atoms with van der Waals surface area (Å²) in [5.41, 5.74) is 8.10. The second-order valence-electron chi connectivity index (χ2n) is 5.40. The SMILES string of the molecule is CSc1ccc(NC(=O)C2CC(c3cccc(Cl)c3)NN2)cc1. The van der Waals surface area contributed by atoms with E-state index >= 15 is 0 Å². The molecule has 0 aromatic heterocycles. The van der Waals surface area contributed by atoms with E-state index in [0.29, 0.717) is 11.4 Å². The van der Waals surface area contributed by atoms with Crippen molar-refractivity contribution < 1.29 is 4.79 Å². The van der Waals surface area contributed by atoms with Crippen LogP contribution < -0.4 is 16.2 Å². The molecule has 0 bridgehead atoms. The van der Waals surface area contributed by atoms with Gasteiger partial charge in [0.15, 0.2) is 0 Å². The van der Waals surface area contributed by atoms with Crippen molar-refractivity contribution in [1.29, 1.82) is 0 Å². The van der Waals surface area contributed by atoms with Gasteiger partial charge in [-0.2, -0.15) is 0 Å². The van der Waals surface area contributed by atoms with Crippen molar-refractivity contribution in [2.75, 3.05) is 11.6 Å². The molecule has 1 fully saturated rings. The first-order valence-corrected chi connectivity index (χ1v) is 8.97. The lowest BCUT2D eigenvalue weighted by Gasteiger charge is -2.11. The average Bonchev–Trinajstić information content (AvgIpc) is 3.06. The Labute approximate surface area is 145 Å². The van der Waals surface area contributed by atoms with Crippen LogP contribution in [-0.2, 0) is 4.79 Å². The third-order valence-corrected chi connectivity index (χ3v) is 4.81. The van der Waals surface area contributed by atoms with Crippen molar-refractivity contribution in [3.63, 3.8) is 0 Å². The van der Waals surface area contributed by atoms with Crippen LogP contribution in [0.25, 0.3) is 0 Å². The van der Waals surface area contributed by atoms with E-state index in [2.05, 4.69) is 16.2 Å². The van der Waals surface area contributed by atoms with E-state index in [1.165, 1.54) is 4.90 Å². The van der Waals surface area contributed by atoms with E-state index in [1.54, 1.807) is 11.8 Å². The molecule has 0 saturated carbocycles. The summed E-state index contributed by atoms with van der Waals surface area (Å²) in [4.78, 5) is 13.5. The number of thioether (sulfide) groups is 1. The minimum atomic E-state index is -0.279. The van der Waals surface area contributed by atoms with Crippen LogP contribution in [0.5, 0.6) is 0 Å². The zero-order valence-electron chi connectivity index (χ0n) is 12.7. The molecule has 1 heterocycles. The van der Waals surface area contributed by atoms with Crippen molar-refractivity contribution >= 4 is 35.0 Å². The number of nitrogens with one attached hydrogen (secondary N) is 3. The number of carbonyl (C=O) groups excluding carboxylic acids is 1. The maximum Gasteiger partial charge on any atom is 0.242 e. The minimum absolute atomic E-state index is 0.0427. The number of benzene rings is 2. The molecule has 23 heavy (non-hydrogen) atoms. The van der Waals surface area contributed by atoms with E-state index in [9.17, 15) is 4.79 Å². The second kappa shape index (κ2) is 7.36. The zero-order chi connectivity index (χ0) is 16.2. The van der Waals surface area contributed by atoms with Crippen molar-refractivity contribution in [2.45, 2.75) is 23.4 Å². The van der Waals surface area contributed by atoms with Gasteiger partial charge in [-0.25, -0.2) is 10.9 Å². The van der Waals surface area contributed by atoms with Crippen LogP contribution in [0.2, 0.25) is 5.02 Å². The van der Waals surface area contributed by atoms with E-state index in [1.807, 2.05) is 54.8 Å². The molecule has 0 aliphatic carbocycles. The summed E-state index contributed by atoms with van der Waals surface area (Å²) in [5, 5.41) is 3.64. The lowest BCUT2D eigenvalue weighted by atomic mass is 10.0. The molecule has 1 aliphatic heterocycles. The van der Waals surface area contributed by atoms with Crippen LogP contribution in [0.3, 0.4) is 0 Å². The van der Waals surface area contributed by atoms with Gasteiger partial charge in [0.05, 0.1) is 0 Å². The molecule has 1 amide bonds. The molecule has 2 aromatic carbocycles. The maximum absolute atomic E-state index is 12.4. The Balaban J connectivity index is 1.60. The Kier molecular flexibility index (Phi) is 5.23. The zero-order valence-corrected chi connectivity index (χ0v) is 14.2. The smallest absolute Gasteiger partial charge is 0.242 e. The summed E-state index contributed by atoms with van der Waals surface area (Å²) in [6.07, 6.45) is 2.70. The number of anilines is 1. The molecule has 2 unspecified atom stereocenters. The fourth-order valence-corrected chi connectivity index (χ4v) is 3.18. The molecule has 120 valence electrons. The summed E-state index contributed by atoms with van der Waals surface area (Å²) >= 11 is 7.70. The molecule has 3 N–H and O–H groups in total. The summed E-state index contributed by atoms with van der Waals surface area (Å²) in [6.45, 7) is 0. The van der Waals surface area contributed by atoms with Gasteiger partial charge >= 0.3 is 0 Å². The summed E-state index contributed by atoms with van der Waals surface area (Å²) in [6, 6.07) is 15.3. The highest BCUT2D eigenvalue weighted by Crippen LogP contribution is 2.25. The Bertz CT molecular complexity index is 692. The van der Waals surface area contributed by atoms with Crippen molar-refractivity contribution in [1.82, 2.24) is 10.9 Å². The van der Waals surface area contributed by atoms with Gasteiger partial charge in [-0.3, -0.25) is 4.79 Å². The molecule has 1 aliphatic rings. The van der Waals surface area contributed by atoms with Crippen LogP contribution in [-0.4, -0.2) is 18.2 Å². The number of hydrogen-bond acceptors (Lipinski definition) is 4. The van der Waals surface area contributed by atoms with Gasteiger partial charge in [0, 0.05) is 21.6 Å². The first kappa shape index (κ1) is 16.3. The van der Waals surface area contributed by atoms with E-state index in [-0.39, 0.29) is 18.0 Å². The molecule has 4 nitrogen and oxygen atoms in total. The Morgan fingerprint density at radius 1 is 1.22 bits per heavy atom. The number of halogens is 1. The number of rotatable bonds is 4. The van der Waals surface area contributed by atoms with Crippen LogP contribution in [0.1, 0.15) is 18.0 Å². The molecular weight excluding hydrogens is 330 g/mol. The molecule has 0 radical (unpaired) electrons. The molecule has 2 aromatic rings. The van der Waals surface area contributed by atoms with Crippen LogP contribution in [0.4, 0.5) is 5.69 Å². The maximum atomic E-state index is 12.4. The number of carbonyl (C=O) groups is 1. The van der Waals surface area contributed by atoms with Gasteiger partial charge in [-0.1, -0.05) is 23.7 Å². The topological polar surface area (TPSA) is 53.2 Å². The van der Waals surface area contributed by atoms with Crippen molar-refractivity contribution in [2.24, 2.45) is 0 Å². The Morgan fingerprint density at radius 2 is 2.00 bits per heavy atom. The standard InChI is InChI=1S/C17H18ClN3OS/c1-23-14-7-5-13(6-8-14)19-17(22)16-10-15(20-21-16)11-3-2-4-12(18)9-11/h2-9,15-16,20-21H,10H2,1H3,(H,19,22). The van der Waals surface area contributed by atoms with Gasteiger partial charge in [-0.15, -0.1) is 11.8 Å². The Hall–Kier alpha value is -1.53. The first-order valence-electron chi connectivity index (χ1n) is 7.37. The lowest BCUT2D eigenvalue weighted by Crippen LogP contribution is -2.39. The van der Waals surface area contributed by atoms with Crippen LogP contribution in [0, 0.1) is 0 Å². The lowest BCUT2D eigenvalue weighted by molar-refractivity contribution is -0.117. The number of amides is 1. The highest BCUT2D eigenvalue weighted by molar-refractivity contribution is 7.98. The monoisotopic (exact) mass is 347 g/mol. The van der Waals surface area contributed by atoms with Gasteiger partial charge in [0.25, 0.3) is 0 Å². The second-order valence-corrected chi connectivity index (χ2v) is 6.72. The normalized spacial score (nSPS) is 20.4. The fraction of sp³-hybridized carbons (Fsp3) is 0.235. The summed E-state index contributed by atoms with van der Waals surface area (Å²) in [5.74, 6) is -0.0427. The fourth-order valence-electron chi connectivity index (χ4n) is 2.57. The average molecular weight is 348 g/mol. The molecule has 6 heteroatoms. The Morgan fingerprint density at radius 3 is 2.70 bits per heavy atom. The summed E-state index contributed by atoms with van der Waals surface area (Å²) in [7, 11) is 0. The molecule has 1 saturated heterocycles. The van der Waals surface area contributed by atoms with E-state index in [4.69, 9.17) is 11.6 Å². The van der Waals surface area contributed by atoms with E-state index in [0.717, 1.165) is 11.3 Å². The largest absolute Gasteiger partial charge is 0.325 e. The molecular formula is C17H18ClN3OS. The van der Waals surface area contributed by atoms with Crippen molar-refractivity contribution in [3.8, 4) is 0 Å². The molecule has 0 spiro atoms. The molecule has 3 rings (SSSR count). The third kappa shape index (κ3) is 4.06. The summed E-state index contributed by atoms with van der Waals surface area (Å²) < 4.78 is 0. The highest BCUT2D eigenvalue weighted by Gasteiger charge is 2.30. The quantitative estimate of drug-likeness (QED) is 0.739. The van der Waals surface area contributed by atoms with Gasteiger partial charge in [0.2, 0.25) is 5.91 Å². The molecule has 2 atom stereocenters. The van der Waals surface area contributed by atoms with Crippen molar-refractivity contribution in [3.05, 3.63) is 59.1 Å². The number of hydrogen-bond donors (Lipinski definition) is 3. The highest BCUT2D eigenvalue weighted by atomic mass is 35.5. The predicted octanol–water partition coefficient (Wildman–Crippen LogP) is 3.61. The minimum Gasteiger partial charge on any atom is -0.325 e. The van der Waals surface area contributed by atoms with Gasteiger partial charge in [-0.05, 0) is 54.6 Å². The van der Waals surface area contributed by atoms with Gasteiger partial charge in [0.1, 0.15) is 6.04 Å². The van der Waals surface area contributed by atoms with Crippen LogP contribution >= 0.6 is 23.4 Å². The number of hydrazine groups is 1. The first-order chi connectivity index (χ1) is 11.2. The van der Waals surface area contributed by atoms with E-state index < -0.39 is 0 Å². The third-order valence-electron chi connectivity index (χ3n) is 3.83. The predicted molar refractivity (Wildman–Crippen MR) is 95.7 cm³/mol. The van der Waals surface area contributed by atoms with Gasteiger partial charge < -0.3 is 5.32 Å².